The van der Waals surface area contributed by atoms with E-state index in [-0.39, 0.29) is 5.41 Å². The molecule has 0 amide bonds. The van der Waals surface area contributed by atoms with Crippen LogP contribution in [0.3, 0.4) is 0 Å². The molecule has 0 saturated carbocycles. The minimum absolute atomic E-state index is 0.163. The molecule has 25 heavy (non-hydrogen) atoms. The van der Waals surface area contributed by atoms with Crippen LogP contribution in [0, 0.1) is 0 Å². The van der Waals surface area contributed by atoms with Gasteiger partial charge < -0.3 is 5.32 Å². The fourth-order valence-corrected chi connectivity index (χ4v) is 3.41. The summed E-state index contributed by atoms with van der Waals surface area (Å²) in [6.45, 7) is 6.69. The van der Waals surface area contributed by atoms with Crippen molar-refractivity contribution in [3.05, 3.63) is 71.5 Å². The van der Waals surface area contributed by atoms with Gasteiger partial charge in [-0.2, -0.15) is 0 Å². The van der Waals surface area contributed by atoms with Crippen LogP contribution in [0.15, 0.2) is 54.9 Å². The van der Waals surface area contributed by atoms with E-state index in [9.17, 15) is 0 Å². The highest BCUT2D eigenvalue weighted by Crippen LogP contribution is 2.35. The van der Waals surface area contributed by atoms with Crippen LogP contribution < -0.4 is 5.32 Å². The molecule has 1 aromatic heterocycles. The van der Waals surface area contributed by atoms with Crippen LogP contribution in [0.5, 0.6) is 0 Å². The molecule has 0 unspecified atom stereocenters. The van der Waals surface area contributed by atoms with Gasteiger partial charge >= 0.3 is 0 Å². The van der Waals surface area contributed by atoms with Gasteiger partial charge in [0, 0.05) is 16.8 Å². The second kappa shape index (κ2) is 5.99. The van der Waals surface area contributed by atoms with Gasteiger partial charge in [-0.1, -0.05) is 57.2 Å². The van der Waals surface area contributed by atoms with Crippen molar-refractivity contribution in [1.29, 1.82) is 0 Å². The molecule has 0 fully saturated rings. The van der Waals surface area contributed by atoms with Gasteiger partial charge in [-0.05, 0) is 41.5 Å². The van der Waals surface area contributed by atoms with Crippen molar-refractivity contribution in [3.8, 4) is 11.3 Å². The van der Waals surface area contributed by atoms with Crippen molar-refractivity contribution < 1.29 is 0 Å². The first-order valence-corrected chi connectivity index (χ1v) is 8.82. The number of rotatable bonds is 2. The monoisotopic (exact) mass is 329 g/mol. The topological polar surface area (TPSA) is 37.8 Å². The Kier molecular flexibility index (Phi) is 3.79. The van der Waals surface area contributed by atoms with Gasteiger partial charge in [0.25, 0.3) is 0 Å². The average molecular weight is 329 g/mol. The highest BCUT2D eigenvalue weighted by atomic mass is 15.0. The van der Waals surface area contributed by atoms with Crippen LogP contribution in [-0.4, -0.2) is 9.97 Å². The van der Waals surface area contributed by atoms with Gasteiger partial charge in [0.15, 0.2) is 0 Å². The maximum atomic E-state index is 4.56. The van der Waals surface area contributed by atoms with Crippen molar-refractivity contribution in [3.63, 3.8) is 0 Å². The fraction of sp³-hybridized carbons (Fsp3) is 0.273. The van der Waals surface area contributed by atoms with Crippen molar-refractivity contribution in [2.45, 2.75) is 39.0 Å². The standard InChI is InChI=1S/C22H23N3/c1-22(2,3)16-9-11-17(12-10-16)25-21-19-13-8-15-6-4-5-7-18(15)20(19)23-14-24-21/h4-7,9-12,14H,8,13H2,1-3H3,(H,23,24,25). The predicted octanol–water partition coefficient (Wildman–Crippen LogP) is 5.28. The highest BCUT2D eigenvalue weighted by molar-refractivity contribution is 5.75. The van der Waals surface area contributed by atoms with Gasteiger partial charge in [0.2, 0.25) is 0 Å². The van der Waals surface area contributed by atoms with Crippen molar-refractivity contribution >= 4 is 11.5 Å². The van der Waals surface area contributed by atoms with Gasteiger partial charge in [-0.25, -0.2) is 9.97 Å². The average Bonchev–Trinajstić information content (AvgIpc) is 2.61. The Morgan fingerprint density at radius 1 is 0.880 bits per heavy atom. The molecule has 0 bridgehead atoms. The van der Waals surface area contributed by atoms with E-state index in [4.69, 9.17) is 0 Å². The molecule has 3 aromatic rings. The maximum absolute atomic E-state index is 4.56. The van der Waals surface area contributed by atoms with E-state index < -0.39 is 0 Å². The summed E-state index contributed by atoms with van der Waals surface area (Å²) >= 11 is 0. The summed E-state index contributed by atoms with van der Waals surface area (Å²) in [5, 5.41) is 3.49. The quantitative estimate of drug-likeness (QED) is 0.695. The minimum Gasteiger partial charge on any atom is -0.340 e. The molecule has 1 heterocycles. The van der Waals surface area contributed by atoms with Gasteiger partial charge in [0.05, 0.1) is 5.69 Å². The molecule has 1 N–H and O–H groups in total. The zero-order chi connectivity index (χ0) is 17.4. The Hall–Kier alpha value is -2.68. The lowest BCUT2D eigenvalue weighted by Crippen LogP contribution is -2.11. The zero-order valence-corrected chi connectivity index (χ0v) is 15.0. The number of hydrogen-bond acceptors (Lipinski definition) is 3. The molecule has 1 aliphatic rings. The molecule has 3 nitrogen and oxygen atoms in total. The lowest BCUT2D eigenvalue weighted by molar-refractivity contribution is 0.590. The summed E-state index contributed by atoms with van der Waals surface area (Å²) in [5.74, 6) is 0.919. The molecule has 0 radical (unpaired) electrons. The summed E-state index contributed by atoms with van der Waals surface area (Å²) < 4.78 is 0. The van der Waals surface area contributed by atoms with E-state index in [0.29, 0.717) is 0 Å². The minimum atomic E-state index is 0.163. The third kappa shape index (κ3) is 3.02. The number of aromatic nitrogens is 2. The molecule has 2 aromatic carbocycles. The number of aryl methyl sites for hydroxylation is 1. The first-order valence-electron chi connectivity index (χ1n) is 8.82. The number of nitrogens with one attached hydrogen (secondary N) is 1. The molecule has 0 saturated heterocycles. The van der Waals surface area contributed by atoms with Crippen molar-refractivity contribution in [1.82, 2.24) is 9.97 Å². The van der Waals surface area contributed by atoms with E-state index in [1.165, 1.54) is 22.3 Å². The lowest BCUT2D eigenvalue weighted by atomic mass is 9.87. The molecule has 0 atom stereocenters. The first-order chi connectivity index (χ1) is 12.0. The Morgan fingerprint density at radius 3 is 2.40 bits per heavy atom. The summed E-state index contributed by atoms with van der Waals surface area (Å²) in [6, 6.07) is 17.2. The van der Waals surface area contributed by atoms with Crippen LogP contribution in [0.1, 0.15) is 37.5 Å². The second-order valence-electron chi connectivity index (χ2n) is 7.66. The van der Waals surface area contributed by atoms with E-state index in [1.54, 1.807) is 6.33 Å². The molecule has 3 heteroatoms. The van der Waals surface area contributed by atoms with Crippen LogP contribution >= 0.6 is 0 Å². The molecule has 0 spiro atoms. The van der Waals surface area contributed by atoms with Crippen LogP contribution in [0.4, 0.5) is 11.5 Å². The summed E-state index contributed by atoms with van der Waals surface area (Å²) in [7, 11) is 0. The van der Waals surface area contributed by atoms with E-state index in [1.807, 2.05) is 0 Å². The Labute approximate surface area is 149 Å². The summed E-state index contributed by atoms with van der Waals surface area (Å²) in [6.07, 6.45) is 3.66. The third-order valence-electron chi connectivity index (χ3n) is 4.88. The Morgan fingerprint density at radius 2 is 1.64 bits per heavy atom. The number of anilines is 2. The first kappa shape index (κ1) is 15.8. The maximum Gasteiger partial charge on any atom is 0.137 e. The third-order valence-corrected chi connectivity index (χ3v) is 4.88. The largest absolute Gasteiger partial charge is 0.340 e. The summed E-state index contributed by atoms with van der Waals surface area (Å²) in [4.78, 5) is 9.07. The Bertz CT molecular complexity index is 905. The number of hydrogen-bond donors (Lipinski definition) is 1. The zero-order valence-electron chi connectivity index (χ0n) is 15.0. The number of fused-ring (bicyclic) bond motifs is 3. The van der Waals surface area contributed by atoms with Gasteiger partial charge in [0.1, 0.15) is 12.1 Å². The second-order valence-corrected chi connectivity index (χ2v) is 7.66. The smallest absolute Gasteiger partial charge is 0.137 e. The lowest BCUT2D eigenvalue weighted by Gasteiger charge is -2.22. The molecular weight excluding hydrogens is 306 g/mol. The predicted molar refractivity (Wildman–Crippen MR) is 103 cm³/mol. The molecule has 126 valence electrons. The molecule has 0 aliphatic heterocycles. The van der Waals surface area contributed by atoms with E-state index in [0.717, 1.165) is 30.0 Å². The van der Waals surface area contributed by atoms with Crippen LogP contribution in [-0.2, 0) is 18.3 Å². The van der Waals surface area contributed by atoms with E-state index >= 15 is 0 Å². The molecule has 4 rings (SSSR count). The van der Waals surface area contributed by atoms with Gasteiger partial charge in [-0.15, -0.1) is 0 Å². The van der Waals surface area contributed by atoms with Crippen LogP contribution in [0.25, 0.3) is 11.3 Å². The van der Waals surface area contributed by atoms with Gasteiger partial charge in [-0.3, -0.25) is 0 Å². The summed E-state index contributed by atoms with van der Waals surface area (Å²) in [5.41, 5.74) is 7.43. The fourth-order valence-electron chi connectivity index (χ4n) is 3.41. The molecule has 1 aliphatic carbocycles. The van der Waals surface area contributed by atoms with Crippen molar-refractivity contribution in [2.24, 2.45) is 0 Å². The highest BCUT2D eigenvalue weighted by Gasteiger charge is 2.20. The number of benzene rings is 2. The molecular formula is C22H23N3. The van der Waals surface area contributed by atoms with Crippen molar-refractivity contribution in [2.75, 3.05) is 5.32 Å². The SMILES string of the molecule is CC(C)(C)c1ccc(Nc2ncnc3c2CCc2ccccc2-3)cc1. The number of nitrogens with zero attached hydrogens (tertiary/aromatic N) is 2. The van der Waals surface area contributed by atoms with Crippen LogP contribution in [0.2, 0.25) is 0 Å². The van der Waals surface area contributed by atoms with E-state index in [2.05, 4.69) is 84.6 Å². The normalized spacial score (nSPS) is 13.1. The Balaban J connectivity index is 1.67.